The van der Waals surface area contributed by atoms with Gasteiger partial charge in [0, 0.05) is 5.56 Å². The highest BCUT2D eigenvalue weighted by atomic mass is 31.2. The van der Waals surface area contributed by atoms with Gasteiger partial charge in [0.15, 0.2) is 6.29 Å². The Balaban J connectivity index is 2.16. The molecule has 0 heterocycles. The average molecular weight is 376 g/mol. The topological polar surface area (TPSA) is 35.5 Å². The Morgan fingerprint density at radius 1 is 0.808 bits per heavy atom. The van der Waals surface area contributed by atoms with Crippen LogP contribution in [0.2, 0.25) is 0 Å². The monoisotopic (exact) mass is 376 g/mol. The minimum atomic E-state index is -3.20. The van der Waals surface area contributed by atoms with E-state index in [1.165, 1.54) is 5.56 Å². The molecule has 0 fully saturated rings. The van der Waals surface area contributed by atoms with E-state index in [1.807, 2.05) is 55.5 Å². The van der Waals surface area contributed by atoms with Crippen molar-refractivity contribution in [1.82, 2.24) is 0 Å². The fraction of sp³-hybridized carbons (Fsp3) is 0.429. The summed E-state index contributed by atoms with van der Waals surface area (Å²) in [5, 5.41) is 0. The number of hydrogen-bond donors (Lipinski definition) is 0. The van der Waals surface area contributed by atoms with E-state index in [2.05, 4.69) is 26.0 Å². The molecule has 5 heteroatoms. The van der Waals surface area contributed by atoms with E-state index in [-0.39, 0.29) is 0 Å². The second kappa shape index (κ2) is 10.0. The lowest BCUT2D eigenvalue weighted by Crippen LogP contribution is -2.47. The van der Waals surface area contributed by atoms with Crippen molar-refractivity contribution in [1.29, 1.82) is 0 Å². The molecule has 2 rings (SSSR count). The summed E-state index contributed by atoms with van der Waals surface area (Å²) in [7, 11) is -3.20. The van der Waals surface area contributed by atoms with Crippen LogP contribution >= 0.6 is 7.60 Å². The lowest BCUT2D eigenvalue weighted by molar-refractivity contribution is -0.928. The quantitative estimate of drug-likeness (QED) is 0.387. The number of quaternary nitrogens is 1. The minimum Gasteiger partial charge on any atom is -0.310 e. The van der Waals surface area contributed by atoms with Crippen molar-refractivity contribution in [2.24, 2.45) is 0 Å². The molecule has 0 aromatic heterocycles. The van der Waals surface area contributed by atoms with Gasteiger partial charge in [-0.2, -0.15) is 0 Å². The van der Waals surface area contributed by atoms with Crippen molar-refractivity contribution in [3.63, 3.8) is 0 Å². The van der Waals surface area contributed by atoms with Crippen LogP contribution in [0.1, 0.15) is 31.9 Å². The van der Waals surface area contributed by atoms with Gasteiger partial charge in [-0.3, -0.25) is 9.09 Å². The summed E-state index contributed by atoms with van der Waals surface area (Å²) < 4.78 is 25.7. The summed E-state index contributed by atoms with van der Waals surface area (Å²) in [6.07, 6.45) is 0.384. The van der Waals surface area contributed by atoms with Crippen LogP contribution < -0.4 is 0 Å². The summed E-state index contributed by atoms with van der Waals surface area (Å²) in [5.74, 6) is 0. The molecule has 0 aliphatic rings. The van der Waals surface area contributed by atoms with Crippen molar-refractivity contribution >= 4 is 7.60 Å². The van der Waals surface area contributed by atoms with Gasteiger partial charge in [0.05, 0.1) is 26.3 Å². The molecule has 0 saturated carbocycles. The van der Waals surface area contributed by atoms with Crippen LogP contribution in [0.4, 0.5) is 0 Å². The van der Waals surface area contributed by atoms with Gasteiger partial charge >= 0.3 is 7.60 Å². The Kier molecular flexibility index (Phi) is 8.05. The van der Waals surface area contributed by atoms with Gasteiger partial charge in [-0.15, -0.1) is 0 Å². The first kappa shape index (κ1) is 20.9. The Morgan fingerprint density at radius 2 is 1.35 bits per heavy atom. The standard InChI is InChI=1S/C21H31NO3P/c1-4-22(5-2,17-20-13-9-7-10-14-20)19-26(23,24-6-3)25-18-21-15-11-8-12-16-21/h7-16H,4-6,17-19H2,1-3H3/q+1. The smallest absolute Gasteiger partial charge is 0.310 e. The zero-order valence-corrected chi connectivity index (χ0v) is 17.0. The molecule has 0 aliphatic carbocycles. The highest BCUT2D eigenvalue weighted by Gasteiger charge is 2.37. The predicted molar refractivity (Wildman–Crippen MR) is 107 cm³/mol. The molecule has 0 aliphatic heterocycles. The van der Waals surface area contributed by atoms with Gasteiger partial charge in [-0.1, -0.05) is 60.7 Å². The fourth-order valence-electron chi connectivity index (χ4n) is 3.10. The molecule has 1 unspecified atom stereocenters. The maximum Gasteiger partial charge on any atom is 0.384 e. The summed E-state index contributed by atoms with van der Waals surface area (Å²) in [5.41, 5.74) is 2.24. The number of nitrogens with zero attached hydrogens (tertiary/aromatic N) is 1. The first-order chi connectivity index (χ1) is 12.5. The molecule has 1 atom stereocenters. The van der Waals surface area contributed by atoms with Gasteiger partial charge in [0.2, 0.25) is 0 Å². The maximum atomic E-state index is 13.5. The third-order valence-corrected chi connectivity index (χ3v) is 6.89. The molecule has 0 amide bonds. The van der Waals surface area contributed by atoms with Crippen molar-refractivity contribution in [2.75, 3.05) is 26.0 Å². The Labute approximate surface area is 157 Å². The zero-order valence-electron chi connectivity index (χ0n) is 16.1. The Bertz CT molecular complexity index is 687. The summed E-state index contributed by atoms with van der Waals surface area (Å²) in [6, 6.07) is 20.2. The second-order valence-corrected chi connectivity index (χ2v) is 8.57. The predicted octanol–water partition coefficient (Wildman–Crippen LogP) is 5.45. The third kappa shape index (κ3) is 6.07. The van der Waals surface area contributed by atoms with Gasteiger partial charge in [-0.25, -0.2) is 0 Å². The first-order valence-electron chi connectivity index (χ1n) is 9.36. The Morgan fingerprint density at radius 3 is 1.85 bits per heavy atom. The molecule has 26 heavy (non-hydrogen) atoms. The zero-order chi connectivity index (χ0) is 18.9. The summed E-state index contributed by atoms with van der Waals surface area (Å²) >= 11 is 0. The van der Waals surface area contributed by atoms with Crippen LogP contribution in [0.25, 0.3) is 0 Å². The van der Waals surface area contributed by atoms with Gasteiger partial charge in [0.1, 0.15) is 6.54 Å². The van der Waals surface area contributed by atoms with Crippen molar-refractivity contribution < 1.29 is 18.1 Å². The van der Waals surface area contributed by atoms with E-state index in [9.17, 15) is 4.57 Å². The van der Waals surface area contributed by atoms with Crippen molar-refractivity contribution in [2.45, 2.75) is 33.9 Å². The van der Waals surface area contributed by atoms with Crippen LogP contribution in [-0.4, -0.2) is 30.5 Å². The number of rotatable bonds is 11. The van der Waals surface area contributed by atoms with Gasteiger partial charge in [0.25, 0.3) is 0 Å². The molecule has 2 aromatic carbocycles. The second-order valence-electron chi connectivity index (χ2n) is 6.55. The average Bonchev–Trinajstić information content (AvgIpc) is 2.68. The summed E-state index contributed by atoms with van der Waals surface area (Å²) in [4.78, 5) is 0. The SMILES string of the molecule is CCOP(=O)(C[N+](CC)(CC)Cc1ccccc1)OCc1ccccc1. The largest absolute Gasteiger partial charge is 0.384 e. The van der Waals surface area contributed by atoms with Crippen LogP contribution in [0.5, 0.6) is 0 Å². The molecule has 0 spiro atoms. The van der Waals surface area contributed by atoms with E-state index in [1.54, 1.807) is 0 Å². The highest BCUT2D eigenvalue weighted by molar-refractivity contribution is 7.53. The molecule has 0 N–H and O–H groups in total. The molecular formula is C21H31NO3P+. The number of benzene rings is 2. The van der Waals surface area contributed by atoms with Crippen LogP contribution in [0.15, 0.2) is 60.7 Å². The molecule has 0 radical (unpaired) electrons. The van der Waals surface area contributed by atoms with Crippen LogP contribution in [0, 0.1) is 0 Å². The fourth-order valence-corrected chi connectivity index (χ4v) is 5.31. The lowest BCUT2D eigenvalue weighted by Gasteiger charge is -2.38. The van der Waals surface area contributed by atoms with E-state index < -0.39 is 7.60 Å². The normalized spacial score (nSPS) is 14.1. The van der Waals surface area contributed by atoms with E-state index in [4.69, 9.17) is 9.05 Å². The van der Waals surface area contributed by atoms with E-state index >= 15 is 0 Å². The highest BCUT2D eigenvalue weighted by Crippen LogP contribution is 2.51. The lowest BCUT2D eigenvalue weighted by atomic mass is 10.2. The van der Waals surface area contributed by atoms with Gasteiger partial charge < -0.3 is 9.01 Å². The van der Waals surface area contributed by atoms with Crippen LogP contribution in [-0.2, 0) is 26.8 Å². The molecule has 0 bridgehead atoms. The Hall–Kier alpha value is -1.45. The molecule has 0 saturated heterocycles. The van der Waals surface area contributed by atoms with Crippen molar-refractivity contribution in [3.8, 4) is 0 Å². The minimum absolute atomic E-state index is 0.302. The number of hydrogen-bond acceptors (Lipinski definition) is 3. The summed E-state index contributed by atoms with van der Waals surface area (Å²) in [6.45, 7) is 9.39. The van der Waals surface area contributed by atoms with Crippen LogP contribution in [0.3, 0.4) is 0 Å². The molecular weight excluding hydrogens is 345 g/mol. The van der Waals surface area contributed by atoms with Gasteiger partial charge in [-0.05, 0) is 26.3 Å². The molecule has 2 aromatic rings. The van der Waals surface area contributed by atoms with Crippen molar-refractivity contribution in [3.05, 3.63) is 71.8 Å². The van der Waals surface area contributed by atoms with E-state index in [0.717, 1.165) is 25.2 Å². The molecule has 4 nitrogen and oxygen atoms in total. The third-order valence-electron chi connectivity index (χ3n) is 4.77. The molecule has 142 valence electrons. The van der Waals surface area contributed by atoms with E-state index in [0.29, 0.717) is 24.0 Å². The maximum absolute atomic E-state index is 13.5. The first-order valence-corrected chi connectivity index (χ1v) is 11.1.